The summed E-state index contributed by atoms with van der Waals surface area (Å²) in [6, 6.07) is 10.9. The molecule has 1 aliphatic carbocycles. The van der Waals surface area contributed by atoms with Gasteiger partial charge in [0.25, 0.3) is 0 Å². The van der Waals surface area contributed by atoms with E-state index in [0.717, 1.165) is 10.8 Å². The first kappa shape index (κ1) is 18.7. The molecule has 2 aromatic rings. The van der Waals surface area contributed by atoms with Crippen LogP contribution in [0.4, 0.5) is 4.39 Å². The molecule has 0 N–H and O–H groups in total. The van der Waals surface area contributed by atoms with Crippen molar-refractivity contribution in [2.45, 2.75) is 0 Å². The maximum atomic E-state index is 13.8. The molecule has 2 aromatic carbocycles. The normalized spacial score (nSPS) is 16.5. The Hall–Kier alpha value is 0.348. The van der Waals surface area contributed by atoms with Crippen molar-refractivity contribution in [3.05, 3.63) is 52.5 Å². The van der Waals surface area contributed by atoms with Crippen molar-refractivity contribution < 1.29 is 4.39 Å². The van der Waals surface area contributed by atoms with Gasteiger partial charge in [-0.25, -0.2) is 0 Å². The summed E-state index contributed by atoms with van der Waals surface area (Å²) in [5.74, 6) is -0.454. The van der Waals surface area contributed by atoms with E-state index >= 15 is 0 Å². The Kier molecular flexibility index (Phi) is 4.61. The van der Waals surface area contributed by atoms with Crippen LogP contribution in [-0.4, -0.2) is 9.14 Å². The molecule has 0 aliphatic heterocycles. The number of rotatable bonds is 0. The fraction of sp³-hybridized carbons (Fsp3) is 0. The molecule has 22 heavy (non-hydrogen) atoms. The van der Waals surface area contributed by atoms with Gasteiger partial charge < -0.3 is 0 Å². The van der Waals surface area contributed by atoms with Gasteiger partial charge in [-0.15, -0.1) is 0 Å². The zero-order valence-corrected chi connectivity index (χ0v) is 17.5. The minimum absolute atomic E-state index is 0.0294. The number of benzene rings is 2. The fourth-order valence-corrected chi connectivity index (χ4v) is 2.06. The molecule has 0 saturated heterocycles. The van der Waals surface area contributed by atoms with E-state index in [2.05, 4.69) is 4.98 Å². The molecule has 0 bridgehead atoms. The van der Waals surface area contributed by atoms with Gasteiger partial charge in [0.1, 0.15) is 0 Å². The standard InChI is InChI=1S/C12H6FN2.6ClH.Sb/c13-11-8-5-1-3-7-4-2-6-9(10(7)8)12(11)15-14;;;;;;;/h1-6H;6*1H;/q+1;;;;;;;+5/p-6. The average Bonchev–Trinajstić information content (AvgIpc) is 2.61. The van der Waals surface area contributed by atoms with Crippen molar-refractivity contribution in [2.75, 3.05) is 0 Å². The van der Waals surface area contributed by atoms with Gasteiger partial charge in [-0.2, -0.15) is 4.39 Å². The maximum absolute atomic E-state index is 13.8. The van der Waals surface area contributed by atoms with Gasteiger partial charge in [0.2, 0.25) is 11.2 Å². The summed E-state index contributed by atoms with van der Waals surface area (Å²) in [6.07, 6.45) is 0. The molecule has 0 heterocycles. The van der Waals surface area contributed by atoms with E-state index in [1.807, 2.05) is 18.2 Å². The van der Waals surface area contributed by atoms with E-state index in [4.69, 9.17) is 58.4 Å². The SMILES string of the molecule is N#[N+]C1=C(F)c2cccc3cccc1c23.[Cl][Sb-]([Cl])([Cl])([Cl])([Cl])[Cl]. The summed E-state index contributed by atoms with van der Waals surface area (Å²) in [5.41, 5.74) is 1.20. The third-order valence-corrected chi connectivity index (χ3v) is 2.70. The number of hydrogen-bond acceptors (Lipinski definition) is 1. The Morgan fingerprint density at radius 2 is 1.32 bits per heavy atom. The van der Waals surface area contributed by atoms with E-state index in [1.54, 1.807) is 18.2 Å². The van der Waals surface area contributed by atoms with Crippen LogP contribution >= 0.6 is 53.0 Å². The summed E-state index contributed by atoms with van der Waals surface area (Å²) in [6.45, 7) is 0. The van der Waals surface area contributed by atoms with Crippen molar-refractivity contribution in [1.29, 1.82) is 5.39 Å². The summed E-state index contributed by atoms with van der Waals surface area (Å²) in [4.78, 5) is 3.01. The summed E-state index contributed by atoms with van der Waals surface area (Å²) < 4.78 is 13.8. The molecule has 0 aromatic heterocycles. The first-order chi connectivity index (χ1) is 9.78. The van der Waals surface area contributed by atoms with Crippen molar-refractivity contribution in [1.82, 2.24) is 0 Å². The van der Waals surface area contributed by atoms with Crippen LogP contribution in [0.2, 0.25) is 0 Å². The molecule has 0 radical (unpaired) electrons. The number of halogens is 7. The number of nitrogens with zero attached hydrogens (tertiary/aromatic N) is 2. The van der Waals surface area contributed by atoms with Crippen LogP contribution in [0.5, 0.6) is 0 Å². The number of diazo groups is 1. The Morgan fingerprint density at radius 1 is 0.864 bits per heavy atom. The molecule has 0 unspecified atom stereocenters. The molecule has 118 valence electrons. The van der Waals surface area contributed by atoms with Gasteiger partial charge in [0.05, 0.1) is 5.56 Å². The topological polar surface area (TPSA) is 28.1 Å². The van der Waals surface area contributed by atoms with Gasteiger partial charge in [0.15, 0.2) is 4.98 Å². The molecule has 3 rings (SSSR count). The summed E-state index contributed by atoms with van der Waals surface area (Å²) in [7, 11) is 25.0. The monoisotopic (exact) mass is 528 g/mol. The zero-order chi connectivity index (χ0) is 16.8. The first-order valence-electron chi connectivity index (χ1n) is 5.61. The molecular formula is C12H6Cl6FN2Sb. The molecule has 0 amide bonds. The van der Waals surface area contributed by atoms with E-state index in [9.17, 15) is 4.39 Å². The Morgan fingerprint density at radius 3 is 1.77 bits per heavy atom. The van der Waals surface area contributed by atoms with Crippen LogP contribution < -0.4 is 0 Å². The third-order valence-electron chi connectivity index (χ3n) is 2.70. The van der Waals surface area contributed by atoms with Gasteiger partial charge in [-0.05, 0) is 11.5 Å². The molecule has 0 fully saturated rings. The van der Waals surface area contributed by atoms with Gasteiger partial charge in [0, 0.05) is 10.9 Å². The Labute approximate surface area is 145 Å². The first-order valence-corrected chi connectivity index (χ1v) is 25.0. The van der Waals surface area contributed by atoms with Crippen molar-refractivity contribution in [3.63, 3.8) is 0 Å². The average molecular weight is 532 g/mol. The van der Waals surface area contributed by atoms with Gasteiger partial charge in [-0.3, -0.25) is 0 Å². The molecule has 2 nitrogen and oxygen atoms in total. The molecule has 0 atom stereocenters. The van der Waals surface area contributed by atoms with Crippen LogP contribution in [0.15, 0.2) is 36.4 Å². The van der Waals surface area contributed by atoms with Crippen LogP contribution in [-0.2, 0) is 0 Å². The van der Waals surface area contributed by atoms with E-state index in [0.29, 0.717) is 11.1 Å². The second kappa shape index (κ2) is 5.43. The van der Waals surface area contributed by atoms with Crippen molar-refractivity contribution in [3.8, 4) is 0 Å². The van der Waals surface area contributed by atoms with Gasteiger partial charge in [-0.1, -0.05) is 30.3 Å². The Balaban J connectivity index is 0.000000217. The molecular weight excluding hydrogens is 526 g/mol. The Bertz CT molecular complexity index is 835. The van der Waals surface area contributed by atoms with Crippen LogP contribution in [0.25, 0.3) is 27.3 Å². The second-order valence-corrected chi connectivity index (χ2v) is 61.3. The predicted octanol–water partition coefficient (Wildman–Crippen LogP) is 7.56. The van der Waals surface area contributed by atoms with E-state index in [1.165, 1.54) is 0 Å². The molecule has 0 spiro atoms. The third kappa shape index (κ3) is 5.18. The van der Waals surface area contributed by atoms with Crippen molar-refractivity contribution >= 4 is 84.4 Å². The molecule has 1 aliphatic rings. The molecule has 10 heteroatoms. The van der Waals surface area contributed by atoms with Crippen LogP contribution in [0.3, 0.4) is 0 Å². The molecule has 0 saturated carbocycles. The predicted molar refractivity (Wildman–Crippen MR) is 97.8 cm³/mol. The summed E-state index contributed by atoms with van der Waals surface area (Å²) >= 11 is 0. The summed E-state index contributed by atoms with van der Waals surface area (Å²) in [5, 5.41) is 10.6. The quantitative estimate of drug-likeness (QED) is 0.255. The number of hydrogen-bond donors (Lipinski definition) is 0. The van der Waals surface area contributed by atoms with E-state index in [-0.39, 0.29) is 5.70 Å². The van der Waals surface area contributed by atoms with Gasteiger partial charge >= 0.3 is 67.8 Å². The zero-order valence-electron chi connectivity index (χ0n) is 10.5. The second-order valence-electron chi connectivity index (χ2n) is 4.43. The van der Waals surface area contributed by atoms with Crippen LogP contribution in [0, 0.1) is 5.39 Å². The van der Waals surface area contributed by atoms with E-state index < -0.39 is 15.0 Å². The van der Waals surface area contributed by atoms with Crippen LogP contribution in [0.1, 0.15) is 11.1 Å². The van der Waals surface area contributed by atoms with Crippen molar-refractivity contribution in [2.24, 2.45) is 0 Å². The minimum atomic E-state index is -5.42. The fourth-order valence-electron chi connectivity index (χ4n) is 2.06.